The van der Waals surface area contributed by atoms with Crippen molar-refractivity contribution in [2.75, 3.05) is 7.11 Å². The predicted molar refractivity (Wildman–Crippen MR) is 88.7 cm³/mol. The molecule has 0 heterocycles. The molecule has 0 aliphatic rings. The molecule has 0 fully saturated rings. The van der Waals surface area contributed by atoms with E-state index >= 15 is 0 Å². The highest BCUT2D eigenvalue weighted by atomic mass is 32.2. The summed E-state index contributed by atoms with van der Waals surface area (Å²) < 4.78 is 59.5. The molecule has 0 aliphatic carbocycles. The molecule has 0 aliphatic heterocycles. The molecule has 0 bridgehead atoms. The summed E-state index contributed by atoms with van der Waals surface area (Å²) in [5.41, 5.74) is -2.71. The lowest BCUT2D eigenvalue weighted by Crippen LogP contribution is -2.44. The number of aliphatic hydroxyl groups is 1. The van der Waals surface area contributed by atoms with Gasteiger partial charge in [0.05, 0.1) is 17.6 Å². The molecule has 1 rings (SSSR count). The Morgan fingerprint density at radius 3 is 2.04 bits per heavy atom. The van der Waals surface area contributed by atoms with Crippen molar-refractivity contribution in [3.8, 4) is 5.75 Å². The summed E-state index contributed by atoms with van der Waals surface area (Å²) in [5, 5.41) is 9.77. The van der Waals surface area contributed by atoms with Crippen molar-refractivity contribution in [1.29, 1.82) is 0 Å². The van der Waals surface area contributed by atoms with Gasteiger partial charge in [0.15, 0.2) is 5.60 Å². The van der Waals surface area contributed by atoms with Crippen molar-refractivity contribution in [2.45, 2.75) is 50.6 Å². The van der Waals surface area contributed by atoms with Crippen LogP contribution in [0.4, 0.5) is 13.2 Å². The Morgan fingerprint density at radius 2 is 1.67 bits per heavy atom. The van der Waals surface area contributed by atoms with Crippen molar-refractivity contribution in [1.82, 2.24) is 0 Å². The summed E-state index contributed by atoms with van der Waals surface area (Å²) >= 11 is 0. The zero-order valence-electron chi connectivity index (χ0n) is 14.3. The van der Waals surface area contributed by atoms with Gasteiger partial charge in [0.25, 0.3) is 0 Å². The van der Waals surface area contributed by atoms with E-state index in [4.69, 9.17) is 4.74 Å². The Balaban J connectivity index is 3.31. The number of halogens is 3. The second-order valence-corrected chi connectivity index (χ2v) is 8.48. The predicted octanol–water partition coefficient (Wildman–Crippen LogP) is 3.65. The third-order valence-electron chi connectivity index (χ3n) is 3.26. The fraction of sp³-hybridized carbons (Fsp3) is 0.562. The highest BCUT2D eigenvalue weighted by Gasteiger charge is 2.50. The Morgan fingerprint density at radius 1 is 1.17 bits per heavy atom. The average Bonchev–Trinajstić information content (AvgIpc) is 2.44. The van der Waals surface area contributed by atoms with E-state index in [0.29, 0.717) is 18.2 Å². The van der Waals surface area contributed by atoms with Crippen molar-refractivity contribution in [3.05, 3.63) is 29.8 Å². The van der Waals surface area contributed by atoms with Crippen LogP contribution in [0, 0.1) is 0 Å². The molecule has 0 amide bonds. The first-order chi connectivity index (χ1) is 10.8. The quantitative estimate of drug-likeness (QED) is 0.811. The van der Waals surface area contributed by atoms with Crippen molar-refractivity contribution >= 4 is 16.7 Å². The first-order valence-corrected chi connectivity index (χ1v) is 8.32. The minimum atomic E-state index is -4.83. The number of benzene rings is 1. The molecule has 136 valence electrons. The first-order valence-electron chi connectivity index (χ1n) is 7.21. The van der Waals surface area contributed by atoms with E-state index in [1.54, 1.807) is 32.9 Å². The van der Waals surface area contributed by atoms with E-state index < -0.39 is 33.9 Å². The molecule has 1 N–H and O–H groups in total. The maximum absolute atomic E-state index is 13.0. The smallest absolute Gasteiger partial charge is 0.417 e. The Hall–Kier alpha value is -1.41. The number of rotatable bonds is 5. The van der Waals surface area contributed by atoms with Crippen molar-refractivity contribution in [2.24, 2.45) is 4.40 Å². The molecule has 24 heavy (non-hydrogen) atoms. The van der Waals surface area contributed by atoms with E-state index in [0.717, 1.165) is 0 Å². The van der Waals surface area contributed by atoms with Gasteiger partial charge in [-0.05, 0) is 57.5 Å². The van der Waals surface area contributed by atoms with Gasteiger partial charge in [-0.2, -0.15) is 17.6 Å². The largest absolute Gasteiger partial charge is 0.497 e. The molecule has 8 heteroatoms. The standard InChI is InChI=1S/C16H22F3NO3S/c1-14(2,3)24(22)20-13(10-15(4,21)16(17,18)19)11-6-8-12(23-5)9-7-11/h6-9,21H,10H2,1-5H3/b20-13+/t15-,24?/m0/s1. The van der Waals surface area contributed by atoms with Crippen LogP contribution in [0.25, 0.3) is 0 Å². The summed E-state index contributed by atoms with van der Waals surface area (Å²) in [4.78, 5) is 0. The lowest BCUT2D eigenvalue weighted by atomic mass is 9.94. The van der Waals surface area contributed by atoms with Gasteiger partial charge in [-0.25, -0.2) is 4.21 Å². The van der Waals surface area contributed by atoms with Gasteiger partial charge in [-0.1, -0.05) is 0 Å². The van der Waals surface area contributed by atoms with Gasteiger partial charge in [0.2, 0.25) is 0 Å². The van der Waals surface area contributed by atoms with Gasteiger partial charge in [0, 0.05) is 6.42 Å². The summed E-state index contributed by atoms with van der Waals surface area (Å²) in [6, 6.07) is 6.16. The second-order valence-electron chi connectivity index (χ2n) is 6.58. The van der Waals surface area contributed by atoms with E-state index in [9.17, 15) is 22.5 Å². The monoisotopic (exact) mass is 365 g/mol. The van der Waals surface area contributed by atoms with E-state index in [2.05, 4.69) is 4.40 Å². The van der Waals surface area contributed by atoms with Crippen LogP contribution in [-0.2, 0) is 11.0 Å². The molecule has 2 atom stereocenters. The first kappa shape index (κ1) is 20.6. The SMILES string of the molecule is COc1ccc(/C(C[C@](C)(O)C(F)(F)F)=N/S(=O)C(C)(C)C)cc1. The lowest BCUT2D eigenvalue weighted by Gasteiger charge is -2.27. The van der Waals surface area contributed by atoms with Crippen molar-refractivity contribution in [3.63, 3.8) is 0 Å². The minimum Gasteiger partial charge on any atom is -0.497 e. The minimum absolute atomic E-state index is 0.0757. The number of methoxy groups -OCH3 is 1. The van der Waals surface area contributed by atoms with Crippen LogP contribution in [0.2, 0.25) is 0 Å². The fourth-order valence-corrected chi connectivity index (χ4v) is 2.28. The van der Waals surface area contributed by atoms with Crippen LogP contribution in [0.15, 0.2) is 28.7 Å². The summed E-state index contributed by atoms with van der Waals surface area (Å²) in [5.74, 6) is 0.526. The highest BCUT2D eigenvalue weighted by molar-refractivity contribution is 7.85. The number of hydrogen-bond donors (Lipinski definition) is 1. The fourth-order valence-electron chi connectivity index (χ4n) is 1.63. The molecule has 0 radical (unpaired) electrons. The Bertz CT molecular complexity index is 617. The van der Waals surface area contributed by atoms with Gasteiger partial charge < -0.3 is 9.84 Å². The number of hydrogen-bond acceptors (Lipinski definition) is 3. The highest BCUT2D eigenvalue weighted by Crippen LogP contribution is 2.34. The third kappa shape index (κ3) is 5.31. The maximum Gasteiger partial charge on any atom is 0.417 e. The average molecular weight is 365 g/mol. The van der Waals surface area contributed by atoms with Crippen LogP contribution in [0.5, 0.6) is 5.75 Å². The summed E-state index contributed by atoms with van der Waals surface area (Å²) in [7, 11) is -0.293. The van der Waals surface area contributed by atoms with E-state index in [1.807, 2.05) is 0 Å². The summed E-state index contributed by atoms with van der Waals surface area (Å²) in [6.07, 6.45) is -5.63. The number of nitrogens with zero attached hydrogens (tertiary/aromatic N) is 1. The Labute approximate surface area is 142 Å². The molecule has 0 saturated heterocycles. The van der Waals surface area contributed by atoms with Crippen LogP contribution < -0.4 is 4.74 Å². The second kappa shape index (κ2) is 7.23. The molecule has 0 aromatic heterocycles. The van der Waals surface area contributed by atoms with Gasteiger partial charge in [0.1, 0.15) is 16.7 Å². The topological polar surface area (TPSA) is 58.9 Å². The molecule has 1 aromatic carbocycles. The van der Waals surface area contributed by atoms with Gasteiger partial charge in [-0.15, -0.1) is 0 Å². The van der Waals surface area contributed by atoms with Gasteiger partial charge >= 0.3 is 6.18 Å². The molecule has 0 spiro atoms. The molecular weight excluding hydrogens is 343 g/mol. The van der Waals surface area contributed by atoms with Crippen molar-refractivity contribution < 1.29 is 27.2 Å². The van der Waals surface area contributed by atoms with Crippen LogP contribution >= 0.6 is 0 Å². The maximum atomic E-state index is 13.0. The number of alkyl halides is 3. The Kier molecular flexibility index (Phi) is 6.21. The third-order valence-corrected chi connectivity index (χ3v) is 4.70. The lowest BCUT2D eigenvalue weighted by molar-refractivity contribution is -0.249. The number of ether oxygens (including phenoxy) is 1. The molecule has 1 aromatic rings. The van der Waals surface area contributed by atoms with Crippen LogP contribution in [0.1, 0.15) is 39.7 Å². The van der Waals surface area contributed by atoms with Crippen LogP contribution in [-0.4, -0.2) is 38.7 Å². The van der Waals surface area contributed by atoms with E-state index in [-0.39, 0.29) is 5.71 Å². The molecular formula is C16H22F3NO3S. The zero-order chi connectivity index (χ0) is 18.8. The molecule has 0 saturated carbocycles. The zero-order valence-corrected chi connectivity index (χ0v) is 15.1. The normalized spacial score (nSPS) is 17.3. The van der Waals surface area contributed by atoms with Gasteiger partial charge in [-0.3, -0.25) is 0 Å². The molecule has 1 unspecified atom stereocenters. The summed E-state index contributed by atoms with van der Waals surface area (Å²) in [6.45, 7) is 5.67. The van der Waals surface area contributed by atoms with Crippen LogP contribution in [0.3, 0.4) is 0 Å². The molecule has 4 nitrogen and oxygen atoms in total. The van der Waals surface area contributed by atoms with E-state index in [1.165, 1.54) is 19.2 Å².